The number of aromatic nitrogens is 2. The molecule has 4 heterocycles. The number of thiophene rings is 1. The monoisotopic (exact) mass is 371 g/mol. The Balaban J connectivity index is 1.41. The third-order valence-corrected chi connectivity index (χ3v) is 5.15. The normalized spacial score (nSPS) is 17.4. The Bertz CT molecular complexity index is 927. The molecule has 1 unspecified atom stereocenters. The van der Waals surface area contributed by atoms with Crippen molar-refractivity contribution in [2.75, 3.05) is 13.1 Å². The summed E-state index contributed by atoms with van der Waals surface area (Å²) in [5.41, 5.74) is 0.884. The van der Waals surface area contributed by atoms with Gasteiger partial charge in [0.2, 0.25) is 11.7 Å². The number of amides is 1. The maximum absolute atomic E-state index is 12.6. The molecule has 0 saturated carbocycles. The van der Waals surface area contributed by atoms with E-state index in [4.69, 9.17) is 8.94 Å². The third-order valence-electron chi connectivity index (χ3n) is 4.46. The van der Waals surface area contributed by atoms with E-state index in [1.54, 1.807) is 16.2 Å². The summed E-state index contributed by atoms with van der Waals surface area (Å²) >= 11 is 1.59. The van der Waals surface area contributed by atoms with E-state index in [0.29, 0.717) is 36.8 Å². The molecule has 0 radical (unpaired) electrons. The van der Waals surface area contributed by atoms with Crippen LogP contribution in [0.25, 0.3) is 11.4 Å². The molecule has 8 heteroatoms. The van der Waals surface area contributed by atoms with Crippen molar-refractivity contribution in [3.05, 3.63) is 57.1 Å². The number of nitrogens with zero attached hydrogens (tertiary/aromatic N) is 3. The van der Waals surface area contributed by atoms with E-state index in [-0.39, 0.29) is 11.8 Å². The Morgan fingerprint density at radius 1 is 1.35 bits per heavy atom. The number of hydrogen-bond acceptors (Lipinski definition) is 7. The number of carbonyl (C=O) groups is 1. The second-order valence-corrected chi connectivity index (χ2v) is 7.11. The molecule has 0 spiro atoms. The Hall–Kier alpha value is -2.74. The second-order valence-electron chi connectivity index (χ2n) is 6.33. The van der Waals surface area contributed by atoms with Crippen molar-refractivity contribution < 1.29 is 13.7 Å². The van der Waals surface area contributed by atoms with E-state index in [9.17, 15) is 9.59 Å². The molecule has 1 fully saturated rings. The molecule has 26 heavy (non-hydrogen) atoms. The van der Waals surface area contributed by atoms with Gasteiger partial charge in [-0.05, 0) is 36.3 Å². The maximum atomic E-state index is 12.6. The van der Waals surface area contributed by atoms with E-state index in [0.717, 1.165) is 18.4 Å². The number of carbonyl (C=O) groups excluding carboxylic acids is 1. The lowest BCUT2D eigenvalue weighted by Crippen LogP contribution is -2.40. The Morgan fingerprint density at radius 3 is 3.04 bits per heavy atom. The maximum Gasteiger partial charge on any atom is 0.335 e. The van der Waals surface area contributed by atoms with Gasteiger partial charge in [0.05, 0.1) is 5.56 Å². The van der Waals surface area contributed by atoms with Gasteiger partial charge in [-0.25, -0.2) is 4.79 Å². The summed E-state index contributed by atoms with van der Waals surface area (Å²) in [4.78, 5) is 29.9. The quantitative estimate of drug-likeness (QED) is 0.701. The highest BCUT2D eigenvalue weighted by molar-refractivity contribution is 7.08. The number of likely N-dealkylation sites (tertiary alicyclic amines) is 1. The van der Waals surface area contributed by atoms with Gasteiger partial charge in [0, 0.05) is 36.5 Å². The lowest BCUT2D eigenvalue weighted by atomic mass is 9.94. The summed E-state index contributed by atoms with van der Waals surface area (Å²) in [5.74, 6) is 1.34. The van der Waals surface area contributed by atoms with Crippen LogP contribution in [0.1, 0.15) is 29.1 Å². The van der Waals surface area contributed by atoms with E-state index in [1.165, 1.54) is 18.4 Å². The highest BCUT2D eigenvalue weighted by atomic mass is 32.1. The summed E-state index contributed by atoms with van der Waals surface area (Å²) in [6.07, 6.45) is 3.78. The fourth-order valence-electron chi connectivity index (χ4n) is 3.17. The van der Waals surface area contributed by atoms with Gasteiger partial charge in [0.1, 0.15) is 6.26 Å². The van der Waals surface area contributed by atoms with Gasteiger partial charge in [0.25, 0.3) is 5.91 Å². The fourth-order valence-corrected chi connectivity index (χ4v) is 3.81. The highest BCUT2D eigenvalue weighted by Crippen LogP contribution is 2.24. The second kappa shape index (κ2) is 7.25. The molecule has 3 aromatic rings. The summed E-state index contributed by atoms with van der Waals surface area (Å²) in [7, 11) is 0. The van der Waals surface area contributed by atoms with Crippen LogP contribution in [0.4, 0.5) is 0 Å². The van der Waals surface area contributed by atoms with Gasteiger partial charge in [0.15, 0.2) is 0 Å². The minimum Gasteiger partial charge on any atom is -0.430 e. The van der Waals surface area contributed by atoms with Crippen LogP contribution in [0, 0.1) is 5.92 Å². The van der Waals surface area contributed by atoms with Crippen LogP contribution in [0.15, 0.2) is 49.0 Å². The van der Waals surface area contributed by atoms with E-state index in [1.807, 2.05) is 16.8 Å². The van der Waals surface area contributed by atoms with E-state index in [2.05, 4.69) is 10.1 Å². The molecule has 1 saturated heterocycles. The Morgan fingerprint density at radius 2 is 2.27 bits per heavy atom. The third kappa shape index (κ3) is 3.60. The van der Waals surface area contributed by atoms with E-state index < -0.39 is 5.63 Å². The van der Waals surface area contributed by atoms with Crippen LogP contribution in [0.3, 0.4) is 0 Å². The first-order chi connectivity index (χ1) is 12.7. The molecule has 0 aromatic carbocycles. The SMILES string of the molecule is O=C(c1ccc(=O)oc1)N1CCCC(Cc2nc(-c3ccsc3)no2)C1. The molecule has 1 atom stereocenters. The number of rotatable bonds is 4. The summed E-state index contributed by atoms with van der Waals surface area (Å²) in [5, 5.41) is 7.99. The summed E-state index contributed by atoms with van der Waals surface area (Å²) < 4.78 is 10.2. The molecule has 0 bridgehead atoms. The molecule has 1 amide bonds. The van der Waals surface area contributed by atoms with Crippen LogP contribution in [-0.4, -0.2) is 34.0 Å². The van der Waals surface area contributed by atoms with Crippen LogP contribution < -0.4 is 5.63 Å². The fraction of sp³-hybridized carbons (Fsp3) is 0.333. The number of piperidine rings is 1. The molecule has 1 aliphatic rings. The van der Waals surface area contributed by atoms with Crippen molar-refractivity contribution in [3.63, 3.8) is 0 Å². The first kappa shape index (κ1) is 16.7. The summed E-state index contributed by atoms with van der Waals surface area (Å²) in [6, 6.07) is 4.72. The standard InChI is InChI=1S/C18H17N3O4S/c22-16-4-3-13(10-24-16)18(23)21-6-1-2-12(9-21)8-15-19-17(20-25-15)14-5-7-26-11-14/h3-5,7,10-12H,1-2,6,8-9H2. The molecular weight excluding hydrogens is 354 g/mol. The molecule has 3 aromatic heterocycles. The Kier molecular flexibility index (Phi) is 4.66. The van der Waals surface area contributed by atoms with Crippen molar-refractivity contribution in [1.82, 2.24) is 15.0 Å². The van der Waals surface area contributed by atoms with Crippen molar-refractivity contribution in [3.8, 4) is 11.4 Å². The van der Waals surface area contributed by atoms with Crippen LogP contribution in [-0.2, 0) is 6.42 Å². The van der Waals surface area contributed by atoms with Gasteiger partial charge in [-0.2, -0.15) is 16.3 Å². The molecule has 0 N–H and O–H groups in total. The minimum atomic E-state index is -0.462. The van der Waals surface area contributed by atoms with Crippen molar-refractivity contribution in [2.45, 2.75) is 19.3 Å². The van der Waals surface area contributed by atoms with Crippen molar-refractivity contribution >= 4 is 17.2 Å². The number of hydrogen-bond donors (Lipinski definition) is 0. The van der Waals surface area contributed by atoms with Gasteiger partial charge in [-0.1, -0.05) is 5.16 Å². The van der Waals surface area contributed by atoms with Gasteiger partial charge < -0.3 is 13.8 Å². The minimum absolute atomic E-state index is 0.122. The first-order valence-electron chi connectivity index (χ1n) is 8.42. The van der Waals surface area contributed by atoms with Crippen molar-refractivity contribution in [2.24, 2.45) is 5.92 Å². The average molecular weight is 371 g/mol. The van der Waals surface area contributed by atoms with Gasteiger partial charge in [-0.15, -0.1) is 0 Å². The zero-order chi connectivity index (χ0) is 17.9. The van der Waals surface area contributed by atoms with Crippen LogP contribution >= 0.6 is 11.3 Å². The highest BCUT2D eigenvalue weighted by Gasteiger charge is 2.26. The lowest BCUT2D eigenvalue weighted by Gasteiger charge is -2.32. The van der Waals surface area contributed by atoms with Gasteiger partial charge in [-0.3, -0.25) is 4.79 Å². The predicted molar refractivity (Wildman–Crippen MR) is 94.9 cm³/mol. The van der Waals surface area contributed by atoms with Crippen LogP contribution in [0.5, 0.6) is 0 Å². The molecule has 134 valence electrons. The zero-order valence-corrected chi connectivity index (χ0v) is 14.8. The molecule has 4 rings (SSSR count). The van der Waals surface area contributed by atoms with Crippen molar-refractivity contribution in [1.29, 1.82) is 0 Å². The Labute approximate surface area is 153 Å². The first-order valence-corrected chi connectivity index (χ1v) is 9.36. The predicted octanol–water partition coefficient (Wildman–Crippen LogP) is 2.85. The average Bonchev–Trinajstić information content (AvgIpc) is 3.34. The molecule has 1 aliphatic heterocycles. The topological polar surface area (TPSA) is 89.4 Å². The molecular formula is C18H17N3O4S. The zero-order valence-electron chi connectivity index (χ0n) is 14.0. The molecule has 7 nitrogen and oxygen atoms in total. The van der Waals surface area contributed by atoms with Crippen LogP contribution in [0.2, 0.25) is 0 Å². The van der Waals surface area contributed by atoms with Gasteiger partial charge >= 0.3 is 5.63 Å². The smallest absolute Gasteiger partial charge is 0.335 e. The summed E-state index contributed by atoms with van der Waals surface area (Å²) in [6.45, 7) is 1.31. The lowest BCUT2D eigenvalue weighted by molar-refractivity contribution is 0.0665. The van der Waals surface area contributed by atoms with E-state index >= 15 is 0 Å². The molecule has 0 aliphatic carbocycles. The largest absolute Gasteiger partial charge is 0.430 e.